The molecule has 0 bridgehead atoms. The number of hydrogen-bond donors (Lipinski definition) is 0. The largest absolute Gasteiger partial charge is 0.462 e. The number of hydrogen-bond acceptors (Lipinski definition) is 3. The van der Waals surface area contributed by atoms with Gasteiger partial charge in [-0.05, 0) is 43.4 Å². The Morgan fingerprint density at radius 3 is 2.90 bits per heavy atom. The van der Waals surface area contributed by atoms with E-state index in [1.165, 1.54) is 12.1 Å². The molecule has 2 atom stereocenters. The zero-order valence-electron chi connectivity index (χ0n) is 11.8. The Morgan fingerprint density at radius 1 is 1.35 bits per heavy atom. The van der Waals surface area contributed by atoms with Gasteiger partial charge in [-0.25, -0.2) is 4.39 Å². The van der Waals surface area contributed by atoms with E-state index in [9.17, 15) is 9.18 Å². The van der Waals surface area contributed by atoms with E-state index in [2.05, 4.69) is 0 Å². The van der Waals surface area contributed by atoms with Crippen molar-refractivity contribution in [1.82, 2.24) is 0 Å². The molecule has 0 N–H and O–H groups in total. The minimum atomic E-state index is -0.272. The SMILES string of the molecule is COC1CCCC(OC(=O)CCc2cccc(F)c2)C1. The smallest absolute Gasteiger partial charge is 0.306 e. The highest BCUT2D eigenvalue weighted by molar-refractivity contribution is 5.69. The average molecular weight is 280 g/mol. The van der Waals surface area contributed by atoms with Crippen LogP contribution in [-0.4, -0.2) is 25.3 Å². The number of halogens is 1. The van der Waals surface area contributed by atoms with Crippen molar-refractivity contribution in [2.75, 3.05) is 7.11 Å². The molecule has 0 aliphatic heterocycles. The molecule has 1 aromatic carbocycles. The predicted molar refractivity (Wildman–Crippen MR) is 73.9 cm³/mol. The van der Waals surface area contributed by atoms with Crippen molar-refractivity contribution in [1.29, 1.82) is 0 Å². The Labute approximate surface area is 119 Å². The van der Waals surface area contributed by atoms with E-state index in [4.69, 9.17) is 9.47 Å². The van der Waals surface area contributed by atoms with E-state index in [1.807, 2.05) is 6.07 Å². The summed E-state index contributed by atoms with van der Waals surface area (Å²) in [4.78, 5) is 11.8. The van der Waals surface area contributed by atoms with Gasteiger partial charge in [-0.3, -0.25) is 4.79 Å². The molecule has 0 spiro atoms. The molecule has 1 aromatic rings. The normalized spacial score (nSPS) is 22.5. The van der Waals surface area contributed by atoms with Crippen LogP contribution in [0, 0.1) is 5.82 Å². The maximum Gasteiger partial charge on any atom is 0.306 e. The highest BCUT2D eigenvalue weighted by atomic mass is 19.1. The van der Waals surface area contributed by atoms with Crippen molar-refractivity contribution < 1.29 is 18.7 Å². The third-order valence-corrected chi connectivity index (χ3v) is 3.72. The van der Waals surface area contributed by atoms with E-state index < -0.39 is 0 Å². The fourth-order valence-corrected chi connectivity index (χ4v) is 2.61. The van der Waals surface area contributed by atoms with Crippen LogP contribution in [0.2, 0.25) is 0 Å². The van der Waals surface area contributed by atoms with Gasteiger partial charge in [0.25, 0.3) is 0 Å². The van der Waals surface area contributed by atoms with Crippen molar-refractivity contribution >= 4 is 5.97 Å². The summed E-state index contributed by atoms with van der Waals surface area (Å²) in [5.74, 6) is -0.484. The molecule has 4 heteroatoms. The summed E-state index contributed by atoms with van der Waals surface area (Å²) >= 11 is 0. The molecule has 1 aliphatic rings. The second-order valence-corrected chi connectivity index (χ2v) is 5.27. The first kappa shape index (κ1) is 15.0. The summed E-state index contributed by atoms with van der Waals surface area (Å²) in [5, 5.41) is 0. The Bertz CT molecular complexity index is 447. The van der Waals surface area contributed by atoms with E-state index in [-0.39, 0.29) is 30.4 Å². The summed E-state index contributed by atoms with van der Waals surface area (Å²) < 4.78 is 23.8. The van der Waals surface area contributed by atoms with Crippen LogP contribution in [-0.2, 0) is 20.7 Å². The van der Waals surface area contributed by atoms with Crippen LogP contribution >= 0.6 is 0 Å². The van der Waals surface area contributed by atoms with Gasteiger partial charge in [0.15, 0.2) is 0 Å². The Balaban J connectivity index is 1.75. The molecule has 0 amide bonds. The Morgan fingerprint density at radius 2 is 2.15 bits per heavy atom. The van der Waals surface area contributed by atoms with Gasteiger partial charge in [0.2, 0.25) is 0 Å². The average Bonchev–Trinajstić information content (AvgIpc) is 2.45. The lowest BCUT2D eigenvalue weighted by Gasteiger charge is -2.27. The van der Waals surface area contributed by atoms with Gasteiger partial charge in [0.1, 0.15) is 11.9 Å². The summed E-state index contributed by atoms with van der Waals surface area (Å²) in [6, 6.07) is 6.32. The van der Waals surface area contributed by atoms with Crippen molar-refractivity contribution in [2.24, 2.45) is 0 Å². The lowest BCUT2D eigenvalue weighted by Crippen LogP contribution is -2.29. The first-order valence-corrected chi connectivity index (χ1v) is 7.14. The molecule has 0 heterocycles. The second kappa shape index (κ2) is 7.39. The molecule has 110 valence electrons. The molecule has 1 saturated carbocycles. The van der Waals surface area contributed by atoms with Crippen molar-refractivity contribution in [3.63, 3.8) is 0 Å². The number of esters is 1. The van der Waals surface area contributed by atoms with Crippen LogP contribution < -0.4 is 0 Å². The highest BCUT2D eigenvalue weighted by Crippen LogP contribution is 2.23. The van der Waals surface area contributed by atoms with Gasteiger partial charge >= 0.3 is 5.97 Å². The Hall–Kier alpha value is -1.42. The number of aryl methyl sites for hydroxylation is 1. The molecule has 1 aliphatic carbocycles. The maximum absolute atomic E-state index is 13.0. The molecule has 20 heavy (non-hydrogen) atoms. The predicted octanol–water partition coefficient (Wildman–Crippen LogP) is 3.26. The summed E-state index contributed by atoms with van der Waals surface area (Å²) in [5.41, 5.74) is 0.820. The number of carbonyl (C=O) groups excluding carboxylic acids is 1. The highest BCUT2D eigenvalue weighted by Gasteiger charge is 2.24. The number of methoxy groups -OCH3 is 1. The molecule has 0 radical (unpaired) electrons. The standard InChI is InChI=1S/C16H21FO3/c1-19-14-6-3-7-15(11-14)20-16(18)9-8-12-4-2-5-13(17)10-12/h2,4-5,10,14-15H,3,6-9,11H2,1H3. The van der Waals surface area contributed by atoms with E-state index in [0.29, 0.717) is 6.42 Å². The minimum Gasteiger partial charge on any atom is -0.462 e. The van der Waals surface area contributed by atoms with Crippen LogP contribution in [0.15, 0.2) is 24.3 Å². The molecule has 0 saturated heterocycles. The molecule has 2 rings (SSSR count). The summed E-state index contributed by atoms with van der Waals surface area (Å²) in [6.07, 6.45) is 4.72. The van der Waals surface area contributed by atoms with Crippen LogP contribution in [0.5, 0.6) is 0 Å². The molecule has 3 nitrogen and oxygen atoms in total. The van der Waals surface area contributed by atoms with Gasteiger partial charge in [-0.15, -0.1) is 0 Å². The zero-order chi connectivity index (χ0) is 14.4. The third kappa shape index (κ3) is 4.60. The zero-order valence-corrected chi connectivity index (χ0v) is 11.8. The van der Waals surface area contributed by atoms with Crippen molar-refractivity contribution in [3.8, 4) is 0 Å². The van der Waals surface area contributed by atoms with Gasteiger partial charge in [0, 0.05) is 20.0 Å². The minimum absolute atomic E-state index is 0.0336. The first-order chi connectivity index (χ1) is 9.67. The topological polar surface area (TPSA) is 35.5 Å². The Kier molecular flexibility index (Phi) is 5.53. The second-order valence-electron chi connectivity index (χ2n) is 5.27. The van der Waals surface area contributed by atoms with Crippen LogP contribution in [0.4, 0.5) is 4.39 Å². The fourth-order valence-electron chi connectivity index (χ4n) is 2.61. The maximum atomic E-state index is 13.0. The number of rotatable bonds is 5. The van der Waals surface area contributed by atoms with Crippen molar-refractivity contribution in [2.45, 2.75) is 50.7 Å². The van der Waals surface area contributed by atoms with Gasteiger partial charge < -0.3 is 9.47 Å². The molecule has 0 aromatic heterocycles. The van der Waals surface area contributed by atoms with E-state index in [1.54, 1.807) is 13.2 Å². The molecule has 1 fully saturated rings. The van der Waals surface area contributed by atoms with E-state index in [0.717, 1.165) is 31.2 Å². The quantitative estimate of drug-likeness (QED) is 0.777. The molecule has 2 unspecified atom stereocenters. The monoisotopic (exact) mass is 280 g/mol. The lowest BCUT2D eigenvalue weighted by atomic mass is 9.95. The molecular weight excluding hydrogens is 259 g/mol. The van der Waals surface area contributed by atoms with E-state index >= 15 is 0 Å². The van der Waals surface area contributed by atoms with Gasteiger partial charge in [-0.2, -0.15) is 0 Å². The number of carbonyl (C=O) groups is 1. The molecular formula is C16H21FO3. The number of ether oxygens (including phenoxy) is 2. The lowest BCUT2D eigenvalue weighted by molar-refractivity contribution is -0.152. The van der Waals surface area contributed by atoms with Crippen molar-refractivity contribution in [3.05, 3.63) is 35.6 Å². The van der Waals surface area contributed by atoms with Gasteiger partial charge in [0.05, 0.1) is 6.10 Å². The summed E-state index contributed by atoms with van der Waals surface area (Å²) in [7, 11) is 1.69. The fraction of sp³-hybridized carbons (Fsp3) is 0.562. The summed E-state index contributed by atoms with van der Waals surface area (Å²) in [6.45, 7) is 0. The van der Waals surface area contributed by atoms with Crippen LogP contribution in [0.3, 0.4) is 0 Å². The number of benzene rings is 1. The first-order valence-electron chi connectivity index (χ1n) is 7.14. The van der Waals surface area contributed by atoms with Crippen LogP contribution in [0.25, 0.3) is 0 Å². The van der Waals surface area contributed by atoms with Crippen LogP contribution in [0.1, 0.15) is 37.7 Å². The van der Waals surface area contributed by atoms with Gasteiger partial charge in [-0.1, -0.05) is 12.1 Å². The third-order valence-electron chi connectivity index (χ3n) is 3.72.